The molecule has 0 saturated heterocycles. The molecule has 0 saturated carbocycles. The lowest BCUT2D eigenvalue weighted by Crippen LogP contribution is -2.52. The van der Waals surface area contributed by atoms with Gasteiger partial charge in [0, 0.05) is 6.42 Å². The van der Waals surface area contributed by atoms with Crippen molar-refractivity contribution in [2.45, 2.75) is 104 Å². The Morgan fingerprint density at radius 2 is 1.29 bits per heavy atom. The molecule has 7 nitrogen and oxygen atoms in total. The van der Waals surface area contributed by atoms with Crippen molar-refractivity contribution >= 4 is 0 Å². The fraction of sp³-hybridized carbons (Fsp3) is 1.00. The third kappa shape index (κ3) is 7.74. The minimum atomic E-state index is -0.779. The highest BCUT2D eigenvalue weighted by molar-refractivity contribution is 4.90. The lowest BCUT2D eigenvalue weighted by molar-refractivity contribution is -0.174. The summed E-state index contributed by atoms with van der Waals surface area (Å²) in [6, 6.07) is 0. The van der Waals surface area contributed by atoms with E-state index in [0.717, 1.165) is 6.42 Å². The molecule has 3 atom stereocenters. The zero-order chi connectivity index (χ0) is 19.4. The summed E-state index contributed by atoms with van der Waals surface area (Å²) >= 11 is 0. The van der Waals surface area contributed by atoms with Crippen LogP contribution in [0.15, 0.2) is 0 Å². The van der Waals surface area contributed by atoms with Crippen LogP contribution in [0.3, 0.4) is 0 Å². The highest BCUT2D eigenvalue weighted by Crippen LogP contribution is 2.39. The van der Waals surface area contributed by atoms with Crippen molar-refractivity contribution in [3.63, 3.8) is 0 Å². The predicted molar refractivity (Wildman–Crippen MR) is 97.4 cm³/mol. The van der Waals surface area contributed by atoms with E-state index in [4.69, 9.17) is 37.4 Å². The summed E-state index contributed by atoms with van der Waals surface area (Å²) in [5.41, 5.74) is 16.0. The Bertz CT molecular complexity index is 377. The number of hydrogen-bond donors (Lipinski definition) is 4. The minimum Gasteiger partial charge on any atom is -0.357 e. The highest BCUT2D eigenvalue weighted by atomic mass is 16.6. The Morgan fingerprint density at radius 1 is 0.833 bits per heavy atom. The molecule has 146 valence electrons. The van der Waals surface area contributed by atoms with E-state index in [1.54, 1.807) is 13.8 Å². The molecule has 0 aliphatic rings. The van der Waals surface area contributed by atoms with Crippen LogP contribution in [-0.4, -0.2) is 29.4 Å². The molecule has 0 radical (unpaired) electrons. The van der Waals surface area contributed by atoms with Crippen LogP contribution in [-0.2, 0) is 14.3 Å². The number of ether oxygens (including phenoxy) is 2. The van der Waals surface area contributed by atoms with Crippen molar-refractivity contribution in [1.82, 2.24) is 0 Å². The van der Waals surface area contributed by atoms with Gasteiger partial charge in [-0.3, -0.25) is 4.84 Å². The molecule has 0 fully saturated rings. The number of hydrogen-bond acceptors (Lipinski definition) is 7. The standard InChI is InChI=1S/C17H40N4O3/c1-9-17(8,24-21)11-13(19)22-15(4,5)14(2,3)10-12(18)23-16(6,7)20/h12-13H,9-11,18-21H2,1-8H3. The van der Waals surface area contributed by atoms with Crippen LogP contribution < -0.4 is 23.1 Å². The second-order valence-corrected chi connectivity index (χ2v) is 8.64. The van der Waals surface area contributed by atoms with E-state index in [1.807, 2.05) is 27.7 Å². The quantitative estimate of drug-likeness (QED) is 0.331. The molecular weight excluding hydrogens is 308 g/mol. The van der Waals surface area contributed by atoms with Gasteiger partial charge in [0.15, 0.2) is 0 Å². The average Bonchev–Trinajstić information content (AvgIpc) is 2.34. The molecule has 0 aromatic carbocycles. The molecule has 0 rings (SSSR count). The molecule has 3 unspecified atom stereocenters. The van der Waals surface area contributed by atoms with Crippen LogP contribution in [0, 0.1) is 5.41 Å². The molecule has 8 N–H and O–H groups in total. The van der Waals surface area contributed by atoms with Crippen molar-refractivity contribution in [2.75, 3.05) is 0 Å². The fourth-order valence-corrected chi connectivity index (χ4v) is 2.46. The number of nitrogens with two attached hydrogens (primary N) is 4. The van der Waals surface area contributed by atoms with Gasteiger partial charge in [0.05, 0.1) is 11.2 Å². The van der Waals surface area contributed by atoms with Crippen LogP contribution in [0.5, 0.6) is 0 Å². The van der Waals surface area contributed by atoms with Gasteiger partial charge in [0.1, 0.15) is 18.2 Å². The second-order valence-electron chi connectivity index (χ2n) is 8.64. The molecule has 0 amide bonds. The maximum atomic E-state index is 6.19. The van der Waals surface area contributed by atoms with Crippen LogP contribution in [0.2, 0.25) is 0 Å². The van der Waals surface area contributed by atoms with E-state index in [0.29, 0.717) is 12.8 Å². The van der Waals surface area contributed by atoms with E-state index in [-0.39, 0.29) is 5.41 Å². The molecule has 0 aliphatic heterocycles. The summed E-state index contributed by atoms with van der Waals surface area (Å²) in [5, 5.41) is 0. The maximum absolute atomic E-state index is 6.19. The summed E-state index contributed by atoms with van der Waals surface area (Å²) in [6.45, 7) is 15.6. The molecule has 0 bridgehead atoms. The monoisotopic (exact) mass is 348 g/mol. The molecule has 0 spiro atoms. The summed E-state index contributed by atoms with van der Waals surface area (Å²) in [7, 11) is 0. The summed E-state index contributed by atoms with van der Waals surface area (Å²) < 4.78 is 11.8. The lowest BCUT2D eigenvalue weighted by atomic mass is 9.74. The van der Waals surface area contributed by atoms with Crippen LogP contribution in [0.1, 0.15) is 74.7 Å². The summed E-state index contributed by atoms with van der Waals surface area (Å²) in [6.07, 6.45) is 0.821. The lowest BCUT2D eigenvalue weighted by Gasteiger charge is -2.45. The zero-order valence-electron chi connectivity index (χ0n) is 16.8. The van der Waals surface area contributed by atoms with Gasteiger partial charge in [-0.2, -0.15) is 0 Å². The Kier molecular flexibility index (Phi) is 8.30. The maximum Gasteiger partial charge on any atom is 0.113 e. The molecule has 24 heavy (non-hydrogen) atoms. The third-order valence-electron chi connectivity index (χ3n) is 4.91. The van der Waals surface area contributed by atoms with E-state index in [9.17, 15) is 0 Å². The Labute approximate surface area is 147 Å². The van der Waals surface area contributed by atoms with Gasteiger partial charge in [-0.25, -0.2) is 5.90 Å². The first kappa shape index (κ1) is 23.7. The van der Waals surface area contributed by atoms with Crippen LogP contribution in [0.25, 0.3) is 0 Å². The van der Waals surface area contributed by atoms with Gasteiger partial charge in [0.25, 0.3) is 0 Å². The first-order chi connectivity index (χ1) is 10.6. The Balaban J connectivity index is 4.88. The van der Waals surface area contributed by atoms with Crippen molar-refractivity contribution in [1.29, 1.82) is 0 Å². The largest absolute Gasteiger partial charge is 0.357 e. The smallest absolute Gasteiger partial charge is 0.113 e. The van der Waals surface area contributed by atoms with Crippen molar-refractivity contribution in [2.24, 2.45) is 28.5 Å². The van der Waals surface area contributed by atoms with Gasteiger partial charge in [-0.05, 0) is 52.9 Å². The van der Waals surface area contributed by atoms with E-state index in [2.05, 4.69) is 13.8 Å². The number of rotatable bonds is 11. The Morgan fingerprint density at radius 3 is 1.67 bits per heavy atom. The molecule has 0 aromatic heterocycles. The van der Waals surface area contributed by atoms with Crippen molar-refractivity contribution in [3.8, 4) is 0 Å². The van der Waals surface area contributed by atoms with Crippen molar-refractivity contribution in [3.05, 3.63) is 0 Å². The molecule has 0 aromatic rings. The van der Waals surface area contributed by atoms with Crippen molar-refractivity contribution < 1.29 is 14.3 Å². The van der Waals surface area contributed by atoms with Crippen LogP contribution >= 0.6 is 0 Å². The van der Waals surface area contributed by atoms with E-state index in [1.165, 1.54) is 0 Å². The second kappa shape index (κ2) is 8.40. The summed E-state index contributed by atoms with van der Waals surface area (Å²) in [4.78, 5) is 5.06. The normalized spacial score (nSPS) is 19.0. The summed E-state index contributed by atoms with van der Waals surface area (Å²) in [5.74, 6) is 5.38. The molecule has 7 heteroatoms. The first-order valence-electron chi connectivity index (χ1n) is 8.61. The topological polar surface area (TPSA) is 132 Å². The Hall–Kier alpha value is -0.280. The van der Waals surface area contributed by atoms with Gasteiger partial charge in [-0.15, -0.1) is 0 Å². The highest BCUT2D eigenvalue weighted by Gasteiger charge is 2.42. The van der Waals surface area contributed by atoms with Gasteiger partial charge < -0.3 is 26.7 Å². The molecular formula is C17H40N4O3. The van der Waals surface area contributed by atoms with E-state index >= 15 is 0 Å². The fourth-order valence-electron chi connectivity index (χ4n) is 2.46. The van der Waals surface area contributed by atoms with Gasteiger partial charge in [-0.1, -0.05) is 20.8 Å². The van der Waals surface area contributed by atoms with Crippen LogP contribution in [0.4, 0.5) is 0 Å². The predicted octanol–water partition coefficient (Wildman–Crippen LogP) is 1.93. The zero-order valence-corrected chi connectivity index (χ0v) is 16.8. The third-order valence-corrected chi connectivity index (χ3v) is 4.91. The SMILES string of the molecule is CCC(C)(CC(N)OC(C)(C)C(C)(C)CC(N)OC(C)(C)N)ON. The molecule has 0 aliphatic carbocycles. The first-order valence-corrected chi connectivity index (χ1v) is 8.61. The van der Waals surface area contributed by atoms with Gasteiger partial charge >= 0.3 is 0 Å². The molecule has 0 heterocycles. The minimum absolute atomic E-state index is 0.290. The van der Waals surface area contributed by atoms with E-state index < -0.39 is 29.4 Å². The average molecular weight is 349 g/mol. The van der Waals surface area contributed by atoms with Gasteiger partial charge in [0.2, 0.25) is 0 Å².